The lowest BCUT2D eigenvalue weighted by Crippen LogP contribution is -2.44. The standard InChI is InChI=1S/C30H41N6O9P/c1-5-7-9-13-17-42-27(38)20(3)35-46(40,45-21-14-11-10-12-15-21)43-18-22-24(37)30(4,39)28(44-22)36-19-32-23-25(36)33-29(31)34-26(23)41-16-8-6-2/h5-6,10-12,14-15,19-20,22,24,28,37,39H,1-2,7-9,13,16-18H2,3-4H3,(H,35,40)(H2,31,33,34)/t20-,22?,24+,28?,30+,46?/m0/s1. The van der Waals surface area contributed by atoms with E-state index in [0.717, 1.165) is 12.8 Å². The van der Waals surface area contributed by atoms with Crippen molar-refractivity contribution >= 4 is 30.8 Å². The third kappa shape index (κ3) is 8.49. The number of aliphatic hydroxyl groups excluding tert-OH is 1. The van der Waals surface area contributed by atoms with Crippen LogP contribution in [-0.2, 0) is 23.4 Å². The second-order valence-electron chi connectivity index (χ2n) is 10.8. The van der Waals surface area contributed by atoms with Crippen LogP contribution in [0.25, 0.3) is 11.2 Å². The van der Waals surface area contributed by atoms with E-state index in [0.29, 0.717) is 12.8 Å². The molecule has 1 aliphatic heterocycles. The fourth-order valence-corrected chi connectivity index (χ4v) is 6.16. The van der Waals surface area contributed by atoms with E-state index < -0.39 is 50.4 Å². The van der Waals surface area contributed by atoms with Gasteiger partial charge in [0.15, 0.2) is 17.4 Å². The predicted molar refractivity (Wildman–Crippen MR) is 169 cm³/mol. The SMILES string of the molecule is C=CCCCCOC(=O)[C@H](C)NP(=O)(OCC1OC(n2cnc3c(OCCC=C)nc(N)nc32)[C@](C)(O)[C@@H]1O)Oc1ccccc1. The van der Waals surface area contributed by atoms with Gasteiger partial charge in [-0.1, -0.05) is 30.4 Å². The quantitative estimate of drug-likeness (QED) is 0.0668. The molecule has 15 nitrogen and oxygen atoms in total. The van der Waals surface area contributed by atoms with Gasteiger partial charge in [-0.2, -0.15) is 15.1 Å². The Balaban J connectivity index is 1.50. The van der Waals surface area contributed by atoms with E-state index in [1.54, 1.807) is 42.5 Å². The highest BCUT2D eigenvalue weighted by molar-refractivity contribution is 7.52. The third-order valence-corrected chi connectivity index (χ3v) is 8.75. The van der Waals surface area contributed by atoms with Crippen LogP contribution < -0.4 is 20.1 Å². The zero-order valence-electron chi connectivity index (χ0n) is 25.9. The monoisotopic (exact) mass is 660 g/mol. The summed E-state index contributed by atoms with van der Waals surface area (Å²) < 4.78 is 43.8. The van der Waals surface area contributed by atoms with Crippen LogP contribution in [0.3, 0.4) is 0 Å². The number of aliphatic hydroxyl groups is 2. The summed E-state index contributed by atoms with van der Waals surface area (Å²) in [5.41, 5.74) is 4.48. The number of aromatic nitrogens is 4. The Morgan fingerprint density at radius 1 is 1.22 bits per heavy atom. The highest BCUT2D eigenvalue weighted by atomic mass is 31.2. The van der Waals surface area contributed by atoms with Gasteiger partial charge >= 0.3 is 13.7 Å². The molecule has 3 aromatic rings. The van der Waals surface area contributed by atoms with Crippen LogP contribution in [0.2, 0.25) is 0 Å². The Bertz CT molecular complexity index is 1540. The van der Waals surface area contributed by atoms with Crippen LogP contribution in [0.1, 0.15) is 45.8 Å². The van der Waals surface area contributed by atoms with Gasteiger partial charge in [-0.25, -0.2) is 9.55 Å². The number of hydrogen-bond donors (Lipinski definition) is 4. The molecule has 3 heterocycles. The maximum absolute atomic E-state index is 14.0. The number of unbranched alkanes of at least 4 members (excludes halogenated alkanes) is 2. The Labute approximate surface area is 267 Å². The van der Waals surface area contributed by atoms with Gasteiger partial charge in [0.05, 0.1) is 26.1 Å². The molecule has 250 valence electrons. The van der Waals surface area contributed by atoms with Crippen molar-refractivity contribution < 1.29 is 42.8 Å². The average molecular weight is 661 g/mol. The van der Waals surface area contributed by atoms with E-state index in [-0.39, 0.29) is 42.0 Å². The molecule has 3 unspecified atom stereocenters. The molecule has 1 saturated heterocycles. The van der Waals surface area contributed by atoms with E-state index in [1.165, 1.54) is 24.7 Å². The lowest BCUT2D eigenvalue weighted by atomic mass is 9.96. The number of nitrogen functional groups attached to an aromatic ring is 1. The summed E-state index contributed by atoms with van der Waals surface area (Å²) in [6, 6.07) is 7.15. The topological polar surface area (TPSA) is 202 Å². The molecule has 0 radical (unpaired) electrons. The minimum Gasteiger partial charge on any atom is -0.476 e. The number of nitrogens with zero attached hydrogens (tertiary/aromatic N) is 4. The fourth-order valence-electron chi connectivity index (χ4n) is 4.66. The number of allylic oxidation sites excluding steroid dienone is 1. The smallest absolute Gasteiger partial charge is 0.459 e. The highest BCUT2D eigenvalue weighted by Crippen LogP contribution is 2.47. The van der Waals surface area contributed by atoms with Crippen LogP contribution in [0.5, 0.6) is 11.6 Å². The number of carbonyl (C=O) groups is 1. The van der Waals surface area contributed by atoms with Crippen molar-refractivity contribution in [3.63, 3.8) is 0 Å². The molecule has 1 aromatic carbocycles. The first-order valence-electron chi connectivity index (χ1n) is 14.8. The summed E-state index contributed by atoms with van der Waals surface area (Å²) in [5, 5.41) is 25.1. The number of ether oxygens (including phenoxy) is 3. The number of hydrogen-bond acceptors (Lipinski definition) is 13. The van der Waals surface area contributed by atoms with E-state index in [2.05, 4.69) is 33.2 Å². The van der Waals surface area contributed by atoms with Gasteiger partial charge in [-0.15, -0.1) is 13.2 Å². The van der Waals surface area contributed by atoms with Gasteiger partial charge in [0.1, 0.15) is 29.6 Å². The van der Waals surface area contributed by atoms with Crippen LogP contribution >= 0.6 is 7.75 Å². The Hall–Kier alpha value is -3.85. The minimum absolute atomic E-state index is 0.101. The number of nitrogens with one attached hydrogen (secondary N) is 1. The van der Waals surface area contributed by atoms with Gasteiger partial charge in [0.25, 0.3) is 0 Å². The largest absolute Gasteiger partial charge is 0.476 e. The van der Waals surface area contributed by atoms with Crippen LogP contribution in [0.4, 0.5) is 5.95 Å². The Kier molecular flexibility index (Phi) is 11.9. The maximum Gasteiger partial charge on any atom is 0.459 e. The van der Waals surface area contributed by atoms with Gasteiger partial charge in [0.2, 0.25) is 11.8 Å². The summed E-state index contributed by atoms with van der Waals surface area (Å²) in [7, 11) is -4.28. The number of rotatable bonds is 18. The summed E-state index contributed by atoms with van der Waals surface area (Å²) in [4.78, 5) is 25.3. The zero-order valence-corrected chi connectivity index (χ0v) is 26.8. The predicted octanol–water partition coefficient (Wildman–Crippen LogP) is 3.45. The third-order valence-electron chi connectivity index (χ3n) is 7.10. The number of carbonyl (C=O) groups excluding carboxylic acids is 1. The number of para-hydroxylation sites is 1. The Morgan fingerprint density at radius 3 is 2.67 bits per heavy atom. The molecule has 0 aliphatic carbocycles. The maximum atomic E-state index is 14.0. The lowest BCUT2D eigenvalue weighted by Gasteiger charge is -2.27. The van der Waals surface area contributed by atoms with E-state index in [4.69, 9.17) is 29.0 Å². The molecular weight excluding hydrogens is 619 g/mol. The number of imidazole rings is 1. The van der Waals surface area contributed by atoms with Crippen molar-refractivity contribution in [1.82, 2.24) is 24.6 Å². The minimum atomic E-state index is -4.28. The summed E-state index contributed by atoms with van der Waals surface area (Å²) in [6.07, 6.45) is 3.67. The molecular formula is C30H41N6O9P. The van der Waals surface area contributed by atoms with Crippen LogP contribution in [-0.4, -0.2) is 79.4 Å². The zero-order chi connectivity index (χ0) is 33.3. The Morgan fingerprint density at radius 2 is 1.96 bits per heavy atom. The molecule has 16 heteroatoms. The number of nitrogens with two attached hydrogens (primary N) is 1. The summed E-state index contributed by atoms with van der Waals surface area (Å²) in [6.45, 7) is 10.1. The molecule has 1 fully saturated rings. The normalized spacial score (nSPS) is 23.0. The highest BCUT2D eigenvalue weighted by Gasteiger charge is 2.54. The van der Waals surface area contributed by atoms with Crippen molar-refractivity contribution in [3.8, 4) is 11.6 Å². The van der Waals surface area contributed by atoms with E-state index in [9.17, 15) is 19.6 Å². The van der Waals surface area contributed by atoms with Crippen molar-refractivity contribution in [2.24, 2.45) is 0 Å². The van der Waals surface area contributed by atoms with Gasteiger partial charge in [-0.05, 0) is 51.7 Å². The molecule has 0 spiro atoms. The summed E-state index contributed by atoms with van der Waals surface area (Å²) >= 11 is 0. The second kappa shape index (κ2) is 15.6. The number of esters is 1. The van der Waals surface area contributed by atoms with Crippen molar-refractivity contribution in [1.29, 1.82) is 0 Å². The molecule has 0 bridgehead atoms. The van der Waals surface area contributed by atoms with Gasteiger partial charge in [-0.3, -0.25) is 13.9 Å². The second-order valence-corrected chi connectivity index (χ2v) is 12.5. The van der Waals surface area contributed by atoms with Crippen LogP contribution in [0.15, 0.2) is 62.0 Å². The molecule has 6 atom stereocenters. The molecule has 46 heavy (non-hydrogen) atoms. The molecule has 0 amide bonds. The number of benzene rings is 1. The average Bonchev–Trinajstić information content (AvgIpc) is 3.53. The molecule has 5 N–H and O–H groups in total. The fraction of sp³-hybridized carbons (Fsp3) is 0.467. The first-order valence-corrected chi connectivity index (χ1v) is 16.4. The molecule has 1 aliphatic rings. The number of fused-ring (bicyclic) bond motifs is 1. The van der Waals surface area contributed by atoms with Crippen molar-refractivity contribution in [3.05, 3.63) is 62.0 Å². The van der Waals surface area contributed by atoms with Gasteiger partial charge < -0.3 is 34.7 Å². The first-order chi connectivity index (χ1) is 22.0. The van der Waals surface area contributed by atoms with Gasteiger partial charge in [0, 0.05) is 0 Å². The lowest BCUT2D eigenvalue weighted by molar-refractivity contribution is -0.145. The van der Waals surface area contributed by atoms with E-state index in [1.807, 2.05) is 0 Å². The van der Waals surface area contributed by atoms with Crippen LogP contribution in [0, 0.1) is 0 Å². The first kappa shape index (κ1) is 35.0. The molecule has 0 saturated carbocycles. The number of anilines is 1. The molecule has 4 rings (SSSR count). The van der Waals surface area contributed by atoms with E-state index >= 15 is 0 Å². The van der Waals surface area contributed by atoms with Crippen molar-refractivity contribution in [2.45, 2.75) is 69.6 Å². The summed E-state index contributed by atoms with van der Waals surface area (Å²) in [5.74, 6) is -0.416. The van der Waals surface area contributed by atoms with Crippen molar-refractivity contribution in [2.75, 3.05) is 25.6 Å². The molecule has 2 aromatic heterocycles.